The van der Waals surface area contributed by atoms with Gasteiger partial charge in [-0.3, -0.25) is 14.9 Å². The Kier molecular flexibility index (Phi) is 6.23. The zero-order valence-electron chi connectivity index (χ0n) is 16.2. The lowest BCUT2D eigenvalue weighted by Crippen LogP contribution is -2.28. The first-order valence-electron chi connectivity index (χ1n) is 9.27. The summed E-state index contributed by atoms with van der Waals surface area (Å²) in [7, 11) is -3.54. The van der Waals surface area contributed by atoms with Gasteiger partial charge in [0.25, 0.3) is 11.6 Å². The van der Waals surface area contributed by atoms with E-state index in [1.807, 2.05) is 6.07 Å². The highest BCUT2D eigenvalue weighted by Gasteiger charge is 2.21. The van der Waals surface area contributed by atoms with Crippen molar-refractivity contribution in [3.05, 3.63) is 49.7 Å². The van der Waals surface area contributed by atoms with Crippen LogP contribution in [0.4, 0.5) is 11.4 Å². The number of nitrogens with one attached hydrogen (secondary N) is 2. The second-order valence-corrected chi connectivity index (χ2v) is 10.5. The van der Waals surface area contributed by atoms with Crippen LogP contribution < -0.4 is 10.6 Å². The van der Waals surface area contributed by atoms with Crippen molar-refractivity contribution >= 4 is 38.5 Å². The van der Waals surface area contributed by atoms with Crippen molar-refractivity contribution in [2.45, 2.75) is 31.1 Å². The van der Waals surface area contributed by atoms with Crippen molar-refractivity contribution in [2.24, 2.45) is 5.92 Å². The van der Waals surface area contributed by atoms with Gasteiger partial charge in [0.15, 0.2) is 9.84 Å². The molecule has 8 nitrogen and oxygen atoms in total. The molecule has 1 aliphatic carbocycles. The number of hydrogen-bond acceptors (Lipinski definition) is 7. The minimum atomic E-state index is -3.54. The molecule has 0 bridgehead atoms. The number of nitrogens with zero attached hydrogens (tertiary/aromatic N) is 1. The molecular weight excluding hydrogens is 414 g/mol. The predicted molar refractivity (Wildman–Crippen MR) is 113 cm³/mol. The molecule has 1 atom stereocenters. The summed E-state index contributed by atoms with van der Waals surface area (Å²) in [4.78, 5) is 24.9. The molecule has 156 valence electrons. The van der Waals surface area contributed by atoms with Gasteiger partial charge < -0.3 is 10.6 Å². The third-order valence-corrected chi connectivity index (χ3v) is 7.22. The SMILES string of the molecule is CC1CCc2sc(C(=O)NCCNc3ccc(S(C)(=O)=O)cc3[N+](=O)[O-])cc2C1. The molecule has 0 spiro atoms. The van der Waals surface area contributed by atoms with Crippen LogP contribution in [-0.4, -0.2) is 38.6 Å². The summed E-state index contributed by atoms with van der Waals surface area (Å²) < 4.78 is 23.2. The average Bonchev–Trinajstić information content (AvgIpc) is 3.07. The quantitative estimate of drug-likeness (QED) is 0.390. The number of anilines is 1. The minimum Gasteiger partial charge on any atom is -0.378 e. The molecule has 10 heteroatoms. The zero-order valence-corrected chi connectivity index (χ0v) is 17.9. The maximum atomic E-state index is 12.4. The van der Waals surface area contributed by atoms with Gasteiger partial charge in [0.2, 0.25) is 0 Å². The molecule has 0 saturated heterocycles. The van der Waals surface area contributed by atoms with Crippen LogP contribution in [0.1, 0.15) is 33.5 Å². The summed E-state index contributed by atoms with van der Waals surface area (Å²) in [6, 6.07) is 5.69. The van der Waals surface area contributed by atoms with E-state index < -0.39 is 14.8 Å². The Morgan fingerprint density at radius 1 is 1.31 bits per heavy atom. The van der Waals surface area contributed by atoms with Gasteiger partial charge in [-0.05, 0) is 48.9 Å². The molecule has 1 unspecified atom stereocenters. The van der Waals surface area contributed by atoms with Crippen molar-refractivity contribution in [1.82, 2.24) is 5.32 Å². The molecular formula is C19H23N3O5S2. The summed E-state index contributed by atoms with van der Waals surface area (Å²) in [5.74, 6) is 0.489. The minimum absolute atomic E-state index is 0.112. The zero-order chi connectivity index (χ0) is 21.2. The smallest absolute Gasteiger partial charge is 0.293 e. The molecule has 1 heterocycles. The van der Waals surface area contributed by atoms with E-state index >= 15 is 0 Å². The summed E-state index contributed by atoms with van der Waals surface area (Å²) in [5, 5.41) is 17.0. The van der Waals surface area contributed by atoms with Gasteiger partial charge in [-0.15, -0.1) is 11.3 Å². The number of hydrogen-bond donors (Lipinski definition) is 2. The standard InChI is InChI=1S/C19H23N3O5S2/c1-12-3-6-17-13(9-12)10-18(28-17)19(23)21-8-7-20-15-5-4-14(29(2,26)27)11-16(15)22(24)25/h4-5,10-12,20H,3,6-9H2,1-2H3,(H,21,23). The average molecular weight is 438 g/mol. The number of nitro groups is 1. The van der Waals surface area contributed by atoms with Crippen molar-refractivity contribution in [3.63, 3.8) is 0 Å². The molecule has 3 rings (SSSR count). The fraction of sp³-hybridized carbons (Fsp3) is 0.421. The molecule has 1 aromatic carbocycles. The number of sulfone groups is 1. The maximum absolute atomic E-state index is 12.4. The van der Waals surface area contributed by atoms with Gasteiger partial charge >= 0.3 is 0 Å². The number of thiophene rings is 1. The van der Waals surface area contributed by atoms with Gasteiger partial charge in [0.05, 0.1) is 14.7 Å². The second-order valence-electron chi connectivity index (χ2n) is 7.30. The molecule has 0 radical (unpaired) electrons. The highest BCUT2D eigenvalue weighted by atomic mass is 32.2. The number of benzene rings is 1. The number of aryl methyl sites for hydroxylation is 1. The van der Waals surface area contributed by atoms with Crippen LogP contribution in [0, 0.1) is 16.0 Å². The fourth-order valence-electron chi connectivity index (χ4n) is 3.32. The van der Waals surface area contributed by atoms with Gasteiger partial charge in [-0.2, -0.15) is 0 Å². The van der Waals surface area contributed by atoms with E-state index in [0.29, 0.717) is 10.8 Å². The summed E-state index contributed by atoms with van der Waals surface area (Å²) in [6.07, 6.45) is 4.17. The number of carbonyl (C=O) groups excluding carboxylic acids is 1. The Morgan fingerprint density at radius 2 is 2.07 bits per heavy atom. The van der Waals surface area contributed by atoms with E-state index in [9.17, 15) is 23.3 Å². The molecule has 1 aromatic heterocycles. The number of nitro benzene ring substituents is 1. The molecule has 29 heavy (non-hydrogen) atoms. The molecule has 1 amide bonds. The van der Waals surface area contributed by atoms with Crippen molar-refractivity contribution in [1.29, 1.82) is 0 Å². The second kappa shape index (κ2) is 8.50. The topological polar surface area (TPSA) is 118 Å². The van der Waals surface area contributed by atoms with Gasteiger partial charge in [-0.1, -0.05) is 6.92 Å². The van der Waals surface area contributed by atoms with Crippen molar-refractivity contribution in [2.75, 3.05) is 24.7 Å². The van der Waals surface area contributed by atoms with E-state index in [2.05, 4.69) is 17.6 Å². The fourth-order valence-corrected chi connectivity index (χ4v) is 5.09. The molecule has 0 fully saturated rings. The maximum Gasteiger partial charge on any atom is 0.293 e. The Bertz CT molecular complexity index is 1050. The third-order valence-electron chi connectivity index (χ3n) is 4.87. The van der Waals surface area contributed by atoms with E-state index in [1.165, 1.54) is 33.9 Å². The van der Waals surface area contributed by atoms with Crippen LogP contribution in [-0.2, 0) is 22.7 Å². The van der Waals surface area contributed by atoms with Crippen LogP contribution in [0.5, 0.6) is 0 Å². The molecule has 2 aromatic rings. The summed E-state index contributed by atoms with van der Waals surface area (Å²) >= 11 is 1.53. The molecule has 0 aliphatic heterocycles. The van der Waals surface area contributed by atoms with Gasteiger partial charge in [0.1, 0.15) is 5.69 Å². The molecule has 0 saturated carbocycles. The van der Waals surface area contributed by atoms with E-state index in [0.717, 1.165) is 31.6 Å². The van der Waals surface area contributed by atoms with Crippen LogP contribution in [0.2, 0.25) is 0 Å². The predicted octanol–water partition coefficient (Wildman–Crippen LogP) is 3.03. The van der Waals surface area contributed by atoms with Crippen molar-refractivity contribution < 1.29 is 18.1 Å². The van der Waals surface area contributed by atoms with Gasteiger partial charge in [-0.25, -0.2) is 8.42 Å². The van der Waals surface area contributed by atoms with Crippen LogP contribution in [0.3, 0.4) is 0 Å². The summed E-state index contributed by atoms with van der Waals surface area (Å²) in [6.45, 7) is 2.77. The van der Waals surface area contributed by atoms with E-state index in [1.54, 1.807) is 0 Å². The molecule has 2 N–H and O–H groups in total. The normalized spacial score (nSPS) is 16.1. The van der Waals surface area contributed by atoms with Gasteiger partial charge in [0, 0.05) is 30.3 Å². The number of fused-ring (bicyclic) bond motifs is 1. The Labute approximate surface area is 173 Å². The number of rotatable bonds is 7. The Morgan fingerprint density at radius 3 is 2.76 bits per heavy atom. The number of amides is 1. The highest BCUT2D eigenvalue weighted by Crippen LogP contribution is 2.32. The number of carbonyl (C=O) groups is 1. The first kappa shape index (κ1) is 21.3. The van der Waals surface area contributed by atoms with Crippen LogP contribution in [0.15, 0.2) is 29.2 Å². The third kappa shape index (κ3) is 5.13. The van der Waals surface area contributed by atoms with Crippen LogP contribution in [0.25, 0.3) is 0 Å². The Hall–Kier alpha value is -2.46. The molecule has 1 aliphatic rings. The largest absolute Gasteiger partial charge is 0.378 e. The lowest BCUT2D eigenvalue weighted by Gasteiger charge is -2.16. The van der Waals surface area contributed by atoms with Crippen molar-refractivity contribution in [3.8, 4) is 0 Å². The lowest BCUT2D eigenvalue weighted by molar-refractivity contribution is -0.384. The Balaban J connectivity index is 1.58. The first-order valence-corrected chi connectivity index (χ1v) is 12.0. The van der Waals surface area contributed by atoms with E-state index in [-0.39, 0.29) is 35.3 Å². The highest BCUT2D eigenvalue weighted by molar-refractivity contribution is 7.90. The monoisotopic (exact) mass is 437 g/mol. The van der Waals surface area contributed by atoms with Crippen LogP contribution >= 0.6 is 11.3 Å². The summed E-state index contributed by atoms with van der Waals surface area (Å²) in [5.41, 5.74) is 1.15. The lowest BCUT2D eigenvalue weighted by atomic mass is 9.90. The first-order chi connectivity index (χ1) is 13.6. The van der Waals surface area contributed by atoms with E-state index in [4.69, 9.17) is 0 Å².